The molecule has 0 atom stereocenters. The van der Waals surface area contributed by atoms with Crippen LogP contribution in [0.15, 0.2) is 402 Å². The predicted octanol–water partition coefficient (Wildman–Crippen LogP) is 27.7. The fourth-order valence-electron chi connectivity index (χ4n) is 15.7. The van der Waals surface area contributed by atoms with Gasteiger partial charge in [0.1, 0.15) is 0 Å². The van der Waals surface area contributed by atoms with Crippen LogP contribution >= 0.6 is 47.8 Å². The molecule has 0 bridgehead atoms. The van der Waals surface area contributed by atoms with Crippen molar-refractivity contribution in [3.63, 3.8) is 0 Å². The van der Waals surface area contributed by atoms with E-state index < -0.39 is 7.12 Å². The molecule has 23 rings (SSSR count). The Labute approximate surface area is 798 Å². The van der Waals surface area contributed by atoms with Crippen molar-refractivity contribution in [1.29, 1.82) is 0 Å². The van der Waals surface area contributed by atoms with Crippen molar-refractivity contribution in [1.82, 2.24) is 74.8 Å². The van der Waals surface area contributed by atoms with Gasteiger partial charge in [0.25, 0.3) is 0 Å². The molecule has 0 saturated carbocycles. The summed E-state index contributed by atoms with van der Waals surface area (Å²) in [5.74, 6) is 5.75. The monoisotopic (exact) mass is 1920 g/mol. The fourth-order valence-corrected chi connectivity index (χ4v) is 16.8. The average molecular weight is 1930 g/mol. The topological polar surface area (TPSA) is 216 Å². The summed E-state index contributed by atoms with van der Waals surface area (Å²) < 4.78 is 15.3. The number of fused-ring (bicyclic) bond motifs is 9. The summed E-state index contributed by atoms with van der Waals surface area (Å²) in [4.78, 5) is 74.6. The van der Waals surface area contributed by atoms with Crippen LogP contribution in [-0.2, 0) is 9.31 Å². The summed E-state index contributed by atoms with van der Waals surface area (Å²) in [7, 11) is -0.401. The Morgan fingerprint density at radius 3 is 0.649 bits per heavy atom. The number of pyridine rings is 6. The zero-order valence-corrected chi connectivity index (χ0v) is 77.4. The number of hydrogen-bond acceptors (Lipinski definition) is 17. The molecule has 0 radical (unpaired) electrons. The summed E-state index contributed by atoms with van der Waals surface area (Å²) in [5, 5.41) is 6.34. The molecule has 1 fully saturated rings. The van der Waals surface area contributed by atoms with Crippen LogP contribution in [-0.4, -0.2) is 93.1 Å². The van der Waals surface area contributed by atoms with E-state index in [9.17, 15) is 0 Å². The average Bonchev–Trinajstić information content (AvgIpc) is 1.55. The van der Waals surface area contributed by atoms with Gasteiger partial charge in [-0.05, 0) is 134 Å². The van der Waals surface area contributed by atoms with E-state index in [1.807, 2.05) is 280 Å². The van der Waals surface area contributed by atoms with E-state index in [2.05, 4.69) is 192 Å². The van der Waals surface area contributed by atoms with Gasteiger partial charge in [0.05, 0.1) is 50.9 Å². The first-order valence-electron chi connectivity index (χ1n) is 43.3. The molecule has 0 aliphatic carbocycles. The molecule has 1 aliphatic rings. The van der Waals surface area contributed by atoms with Crippen molar-refractivity contribution in [2.24, 2.45) is 0 Å². The highest BCUT2D eigenvalue weighted by atomic mass is 79.9. The van der Waals surface area contributed by atoms with Crippen LogP contribution in [0.25, 0.3) is 206 Å². The van der Waals surface area contributed by atoms with Gasteiger partial charge in [0.2, 0.25) is 0 Å². The maximum atomic E-state index is 7.19. The normalized spacial score (nSPS) is 12.5. The Kier molecular flexibility index (Phi) is 24.5. The van der Waals surface area contributed by atoms with Gasteiger partial charge < -0.3 is 9.31 Å². The number of benzene rings is 13. The van der Waals surface area contributed by atoms with Gasteiger partial charge in [-0.3, -0.25) is 29.9 Å². The second kappa shape index (κ2) is 38.0. The Hall–Kier alpha value is -15.7. The summed E-state index contributed by atoms with van der Waals surface area (Å²) in [5.41, 5.74) is 20.9. The number of rotatable bonds is 13. The molecule has 134 heavy (non-hydrogen) atoms. The third kappa shape index (κ3) is 18.8. The van der Waals surface area contributed by atoms with Gasteiger partial charge in [-0.25, -0.2) is 49.7 Å². The molecular formula is C112H76BBr3N16O2. The summed E-state index contributed by atoms with van der Waals surface area (Å²) in [6.07, 6.45) is 11.1. The smallest absolute Gasteiger partial charge is 0.399 e. The standard InChI is InChI=1S/C40H24N6.C33H20BrN5.C27H26BN3O2.C12H6Br2N2/c1-41-35-20-18-27(19-21-35)34-23-32-17-16-31-22-33(24-42-36(31)37(32)43-25-34)26-12-14-30(15-13-26)40-45-38(28-8-4-2-5-9-28)44-39(46-40)29-10-6-3-7-11-29;34-28-18-26-16-15-25-17-27(19-35-29(25)30(26)36-20-28)21-11-13-24(14-12-21)33-38-31(22-7-3-1-4-8-22)37-32(39-33)23-9-5-2-6-10-23;1-26(2)27(3,4)33-28(32-26)22-17-15-21(16-18-22)25-30-23(19-11-7-5-8-12-19)29-24(31-25)20-13-9-6-10-14-20;13-9-3-7-1-2-8-4-10(14)6-16-12(8)11(7)15-5-9/h2-25H;1-20H;5-18H,1-4H3;1-6H. The van der Waals surface area contributed by atoms with Gasteiger partial charge >= 0.3 is 7.12 Å². The van der Waals surface area contributed by atoms with Crippen molar-refractivity contribution < 1.29 is 9.31 Å². The lowest BCUT2D eigenvalue weighted by molar-refractivity contribution is 0.00578. The van der Waals surface area contributed by atoms with Crippen molar-refractivity contribution in [3.8, 4) is 136 Å². The first-order chi connectivity index (χ1) is 65.5. The molecule has 10 heterocycles. The van der Waals surface area contributed by atoms with E-state index in [-0.39, 0.29) is 11.2 Å². The van der Waals surface area contributed by atoms with Crippen LogP contribution < -0.4 is 5.46 Å². The lowest BCUT2D eigenvalue weighted by Gasteiger charge is -2.32. The van der Waals surface area contributed by atoms with Crippen molar-refractivity contribution in [2.45, 2.75) is 38.9 Å². The van der Waals surface area contributed by atoms with Crippen LogP contribution in [0, 0.1) is 6.57 Å². The third-order valence-electron chi connectivity index (χ3n) is 23.5. The van der Waals surface area contributed by atoms with Crippen LogP contribution in [0.4, 0.5) is 5.69 Å². The Bertz CT molecular complexity index is 7910. The maximum absolute atomic E-state index is 7.19. The van der Waals surface area contributed by atoms with Crippen LogP contribution in [0.3, 0.4) is 0 Å². The number of nitrogens with zero attached hydrogens (tertiary/aromatic N) is 16. The fraction of sp³-hybridized carbons (Fsp3) is 0.0536. The Morgan fingerprint density at radius 1 is 0.224 bits per heavy atom. The molecule has 13 aromatic carbocycles. The minimum absolute atomic E-state index is 0.375. The highest BCUT2D eigenvalue weighted by Crippen LogP contribution is 2.40. The molecule has 0 spiro atoms. The lowest BCUT2D eigenvalue weighted by Crippen LogP contribution is -2.41. The van der Waals surface area contributed by atoms with Gasteiger partial charge in [-0.2, -0.15) is 0 Å². The molecule has 22 aromatic rings. The van der Waals surface area contributed by atoms with E-state index in [4.69, 9.17) is 75.7 Å². The molecule has 22 heteroatoms. The minimum Gasteiger partial charge on any atom is -0.399 e. The highest BCUT2D eigenvalue weighted by Gasteiger charge is 2.51. The molecule has 1 saturated heterocycles. The van der Waals surface area contributed by atoms with Gasteiger partial charge in [0, 0.05) is 150 Å². The van der Waals surface area contributed by atoms with E-state index in [0.29, 0.717) is 58.1 Å². The maximum Gasteiger partial charge on any atom is 0.494 e. The van der Waals surface area contributed by atoms with Gasteiger partial charge in [-0.15, -0.1) is 0 Å². The molecule has 9 aromatic heterocycles. The first kappa shape index (κ1) is 86.3. The molecular weight excluding hydrogens is 1850 g/mol. The van der Waals surface area contributed by atoms with Crippen molar-refractivity contribution in [2.75, 3.05) is 0 Å². The predicted molar refractivity (Wildman–Crippen MR) is 548 cm³/mol. The molecule has 0 amide bonds. The van der Waals surface area contributed by atoms with Gasteiger partial charge in [0.15, 0.2) is 58.1 Å². The molecule has 640 valence electrons. The lowest BCUT2D eigenvalue weighted by atomic mass is 9.79. The quantitative estimate of drug-likeness (QED) is 0.0595. The number of halogens is 3. The zero-order chi connectivity index (χ0) is 91.2. The Morgan fingerprint density at radius 2 is 0.418 bits per heavy atom. The Balaban J connectivity index is 0.000000116. The van der Waals surface area contributed by atoms with E-state index >= 15 is 0 Å². The molecule has 1 aliphatic heterocycles. The molecule has 18 nitrogen and oxygen atoms in total. The van der Waals surface area contributed by atoms with E-state index in [0.717, 1.165) is 168 Å². The zero-order valence-electron chi connectivity index (χ0n) is 72.6. The van der Waals surface area contributed by atoms with Gasteiger partial charge in [-0.1, -0.05) is 315 Å². The van der Waals surface area contributed by atoms with Crippen molar-refractivity contribution >= 4 is 131 Å². The van der Waals surface area contributed by atoms with Crippen LogP contribution in [0.2, 0.25) is 0 Å². The summed E-state index contributed by atoms with van der Waals surface area (Å²) >= 11 is 10.3. The first-order valence-corrected chi connectivity index (χ1v) is 45.7. The third-order valence-corrected chi connectivity index (χ3v) is 24.8. The second-order valence-corrected chi connectivity index (χ2v) is 35.6. The molecule has 0 unspecified atom stereocenters. The SMILES string of the molecule is Brc1cnc2c(ccc3cc(-c4ccc(-c5nc(-c6ccccc6)nc(-c6ccccc6)n5)cc4)cnc32)c1.Brc1cnc2c(ccc3cc(Br)cnc32)c1.CC1(C)OB(c2ccc(-c3nc(-c4ccccc4)nc(-c4ccccc4)n3)cc2)OC1(C)C.[C-]#[N+]c1ccc(-c2cnc3c(ccc4cc(-c5ccc(-c6nc(-c7ccccc7)nc(-c7ccccc7)n6)cc5)cnc43)c2)cc1. The largest absolute Gasteiger partial charge is 0.494 e. The van der Waals surface area contributed by atoms with E-state index in [1.54, 1.807) is 12.4 Å². The van der Waals surface area contributed by atoms with Crippen LogP contribution in [0.5, 0.6) is 0 Å². The summed E-state index contributed by atoms with van der Waals surface area (Å²) in [6.45, 7) is 15.4. The molecule has 0 N–H and O–H groups in total. The number of hydrogen-bond donors (Lipinski definition) is 0. The van der Waals surface area contributed by atoms with E-state index in [1.165, 1.54) is 0 Å². The summed E-state index contributed by atoms with van der Waals surface area (Å²) in [6, 6.07) is 117. The minimum atomic E-state index is -0.401. The highest BCUT2D eigenvalue weighted by molar-refractivity contribution is 9.11. The van der Waals surface area contributed by atoms with Crippen molar-refractivity contribution in [3.05, 3.63) is 414 Å². The second-order valence-electron chi connectivity index (χ2n) is 32.9. The number of aromatic nitrogens is 15. The van der Waals surface area contributed by atoms with Crippen LogP contribution in [0.1, 0.15) is 27.7 Å².